The zero-order valence-corrected chi connectivity index (χ0v) is 14.3. The number of hydrogen-bond acceptors (Lipinski definition) is 3. The van der Waals surface area contributed by atoms with Gasteiger partial charge in [0.25, 0.3) is 5.91 Å². The lowest BCUT2D eigenvalue weighted by Gasteiger charge is -2.32. The molecule has 0 saturated carbocycles. The molecule has 23 heavy (non-hydrogen) atoms. The van der Waals surface area contributed by atoms with Crippen molar-refractivity contribution in [1.29, 1.82) is 0 Å². The number of amides is 1. The molecule has 1 saturated heterocycles. The van der Waals surface area contributed by atoms with Gasteiger partial charge in [0.15, 0.2) is 0 Å². The van der Waals surface area contributed by atoms with E-state index in [4.69, 9.17) is 4.74 Å². The maximum absolute atomic E-state index is 12.5. The third kappa shape index (κ3) is 4.14. The Morgan fingerprint density at radius 1 is 1.39 bits per heavy atom. The van der Waals surface area contributed by atoms with Gasteiger partial charge in [-0.05, 0) is 60.7 Å². The summed E-state index contributed by atoms with van der Waals surface area (Å²) < 4.78 is 5.28. The van der Waals surface area contributed by atoms with Gasteiger partial charge in [0.1, 0.15) is 5.75 Å². The van der Waals surface area contributed by atoms with Crippen molar-refractivity contribution in [1.82, 2.24) is 4.90 Å². The van der Waals surface area contributed by atoms with Gasteiger partial charge in [-0.2, -0.15) is 11.3 Å². The molecule has 122 valence electrons. The summed E-state index contributed by atoms with van der Waals surface area (Å²) in [6.45, 7) is 1.78. The molecule has 2 aromatic rings. The summed E-state index contributed by atoms with van der Waals surface area (Å²) >= 11 is 1.58. The van der Waals surface area contributed by atoms with Crippen LogP contribution in [0.2, 0.25) is 0 Å². The summed E-state index contributed by atoms with van der Waals surface area (Å²) in [5.41, 5.74) is 2.15. The van der Waals surface area contributed by atoms with Gasteiger partial charge in [-0.25, -0.2) is 0 Å². The third-order valence-electron chi connectivity index (χ3n) is 4.55. The number of thiophene rings is 1. The number of methoxy groups -OCH3 is 1. The number of benzene rings is 1. The number of hydrogen-bond donors (Lipinski definition) is 0. The van der Waals surface area contributed by atoms with Crippen molar-refractivity contribution in [2.24, 2.45) is 5.92 Å². The molecule has 0 unspecified atom stereocenters. The zero-order chi connectivity index (χ0) is 16.1. The Morgan fingerprint density at radius 2 is 2.30 bits per heavy atom. The van der Waals surface area contributed by atoms with Crippen LogP contribution in [-0.2, 0) is 6.42 Å². The van der Waals surface area contributed by atoms with Gasteiger partial charge >= 0.3 is 0 Å². The number of piperidine rings is 1. The summed E-state index contributed by atoms with van der Waals surface area (Å²) in [4.78, 5) is 14.5. The van der Waals surface area contributed by atoms with E-state index in [1.54, 1.807) is 18.4 Å². The molecule has 1 fully saturated rings. The highest BCUT2D eigenvalue weighted by molar-refractivity contribution is 7.08. The van der Waals surface area contributed by atoms with Crippen LogP contribution >= 0.6 is 11.3 Å². The van der Waals surface area contributed by atoms with Gasteiger partial charge < -0.3 is 9.64 Å². The Labute approximate surface area is 141 Å². The summed E-state index contributed by atoms with van der Waals surface area (Å²) in [5.74, 6) is 1.70. The summed E-state index contributed by atoms with van der Waals surface area (Å²) in [6, 6.07) is 10.2. The Hall–Kier alpha value is -1.81. The average Bonchev–Trinajstić information content (AvgIpc) is 3.14. The molecular weight excluding hydrogens is 306 g/mol. The highest BCUT2D eigenvalue weighted by Gasteiger charge is 2.24. The van der Waals surface area contributed by atoms with Gasteiger partial charge in [-0.3, -0.25) is 4.79 Å². The molecule has 0 N–H and O–H groups in total. The minimum atomic E-state index is 0.192. The van der Waals surface area contributed by atoms with Crippen molar-refractivity contribution < 1.29 is 9.53 Å². The van der Waals surface area contributed by atoms with E-state index in [9.17, 15) is 4.79 Å². The smallest absolute Gasteiger partial charge is 0.254 e. The number of carbonyl (C=O) groups excluding carboxylic acids is 1. The first-order valence-electron chi connectivity index (χ1n) is 8.20. The van der Waals surface area contributed by atoms with E-state index in [2.05, 4.69) is 12.1 Å². The molecule has 1 atom stereocenters. The fraction of sp³-hybridized carbons (Fsp3) is 0.421. The lowest BCUT2D eigenvalue weighted by Crippen LogP contribution is -2.39. The van der Waals surface area contributed by atoms with Gasteiger partial charge in [0.05, 0.1) is 12.7 Å². The normalized spacial score (nSPS) is 18.0. The fourth-order valence-corrected chi connectivity index (χ4v) is 3.88. The average molecular weight is 329 g/mol. The number of aryl methyl sites for hydroxylation is 1. The van der Waals surface area contributed by atoms with Crippen molar-refractivity contribution in [3.05, 3.63) is 52.2 Å². The Morgan fingerprint density at radius 3 is 3.09 bits per heavy atom. The van der Waals surface area contributed by atoms with Gasteiger partial charge in [0.2, 0.25) is 0 Å². The maximum Gasteiger partial charge on any atom is 0.254 e. The molecule has 0 radical (unpaired) electrons. The van der Waals surface area contributed by atoms with E-state index in [1.165, 1.54) is 12.0 Å². The second-order valence-corrected chi connectivity index (χ2v) is 6.94. The predicted molar refractivity (Wildman–Crippen MR) is 94.3 cm³/mol. The van der Waals surface area contributed by atoms with E-state index in [0.717, 1.165) is 43.7 Å². The third-order valence-corrected chi connectivity index (χ3v) is 5.23. The molecular formula is C19H23NO2S. The van der Waals surface area contributed by atoms with E-state index < -0.39 is 0 Å². The number of ether oxygens (including phenoxy) is 1. The minimum absolute atomic E-state index is 0.192. The van der Waals surface area contributed by atoms with Crippen LogP contribution < -0.4 is 4.74 Å². The predicted octanol–water partition coefficient (Wildman–Crippen LogP) is 4.24. The van der Waals surface area contributed by atoms with Crippen molar-refractivity contribution in [2.45, 2.75) is 25.7 Å². The van der Waals surface area contributed by atoms with Crippen LogP contribution in [0.4, 0.5) is 0 Å². The lowest BCUT2D eigenvalue weighted by molar-refractivity contribution is 0.0669. The highest BCUT2D eigenvalue weighted by Crippen LogP contribution is 2.24. The molecule has 3 rings (SSSR count). The van der Waals surface area contributed by atoms with Crippen molar-refractivity contribution in [2.75, 3.05) is 20.2 Å². The maximum atomic E-state index is 12.5. The van der Waals surface area contributed by atoms with Crippen LogP contribution in [-0.4, -0.2) is 31.0 Å². The van der Waals surface area contributed by atoms with Crippen LogP contribution in [0.25, 0.3) is 0 Å². The van der Waals surface area contributed by atoms with Gasteiger partial charge in [-0.1, -0.05) is 12.1 Å². The first kappa shape index (κ1) is 16.1. The van der Waals surface area contributed by atoms with E-state index in [-0.39, 0.29) is 5.91 Å². The second-order valence-electron chi connectivity index (χ2n) is 6.16. The Bertz CT molecular complexity index is 639. The molecule has 0 aliphatic carbocycles. The van der Waals surface area contributed by atoms with Gasteiger partial charge in [0, 0.05) is 18.5 Å². The van der Waals surface area contributed by atoms with E-state index in [1.807, 2.05) is 33.9 Å². The molecule has 2 heterocycles. The highest BCUT2D eigenvalue weighted by atomic mass is 32.1. The van der Waals surface area contributed by atoms with Crippen LogP contribution in [0.3, 0.4) is 0 Å². The van der Waals surface area contributed by atoms with Crippen molar-refractivity contribution >= 4 is 17.2 Å². The SMILES string of the molecule is COc1cccc(CC[C@@H]2CCCN(C(=O)c3ccsc3)C2)c1. The summed E-state index contributed by atoms with van der Waals surface area (Å²) in [7, 11) is 1.70. The van der Waals surface area contributed by atoms with Crippen LogP contribution in [0, 0.1) is 5.92 Å². The first-order chi connectivity index (χ1) is 11.3. The zero-order valence-electron chi connectivity index (χ0n) is 13.5. The Kier molecular flexibility index (Phi) is 5.34. The van der Waals surface area contributed by atoms with Crippen LogP contribution in [0.1, 0.15) is 35.2 Å². The first-order valence-corrected chi connectivity index (χ1v) is 9.15. The number of likely N-dealkylation sites (tertiary alicyclic amines) is 1. The molecule has 1 aliphatic rings. The van der Waals surface area contributed by atoms with E-state index >= 15 is 0 Å². The fourth-order valence-electron chi connectivity index (χ4n) is 3.25. The quantitative estimate of drug-likeness (QED) is 0.821. The number of nitrogens with zero attached hydrogens (tertiary/aromatic N) is 1. The lowest BCUT2D eigenvalue weighted by atomic mass is 9.91. The standard InChI is InChI=1S/C19H23NO2S/c1-22-18-6-2-4-15(12-18)7-8-16-5-3-10-20(13-16)19(21)17-9-11-23-14-17/h2,4,6,9,11-12,14,16H,3,5,7-8,10,13H2,1H3/t16-/m0/s1. The summed E-state index contributed by atoms with van der Waals surface area (Å²) in [5, 5.41) is 3.92. The molecule has 1 aromatic carbocycles. The minimum Gasteiger partial charge on any atom is -0.497 e. The largest absolute Gasteiger partial charge is 0.497 e. The monoisotopic (exact) mass is 329 g/mol. The van der Waals surface area contributed by atoms with Crippen LogP contribution in [0.15, 0.2) is 41.1 Å². The molecule has 3 nitrogen and oxygen atoms in total. The molecule has 1 aromatic heterocycles. The molecule has 4 heteroatoms. The summed E-state index contributed by atoms with van der Waals surface area (Å²) in [6.07, 6.45) is 4.50. The molecule has 0 bridgehead atoms. The van der Waals surface area contributed by atoms with E-state index in [0.29, 0.717) is 5.92 Å². The van der Waals surface area contributed by atoms with Crippen molar-refractivity contribution in [3.63, 3.8) is 0 Å². The molecule has 1 amide bonds. The van der Waals surface area contributed by atoms with Gasteiger partial charge in [-0.15, -0.1) is 0 Å². The number of carbonyl (C=O) groups is 1. The Balaban J connectivity index is 1.55. The van der Waals surface area contributed by atoms with Crippen molar-refractivity contribution in [3.8, 4) is 5.75 Å². The molecule has 1 aliphatic heterocycles. The number of rotatable bonds is 5. The second kappa shape index (κ2) is 7.64. The molecule has 0 spiro atoms. The van der Waals surface area contributed by atoms with Crippen LogP contribution in [0.5, 0.6) is 5.75 Å². The topological polar surface area (TPSA) is 29.5 Å².